The molecule has 0 fully saturated rings. The van der Waals surface area contributed by atoms with E-state index in [9.17, 15) is 9.59 Å². The number of hydrogen-bond acceptors (Lipinski definition) is 5. The zero-order valence-electron chi connectivity index (χ0n) is 18.0. The first-order valence-electron chi connectivity index (χ1n) is 10.0. The number of anilines is 2. The number of aryl methyl sites for hydroxylation is 1. The van der Waals surface area contributed by atoms with Crippen LogP contribution in [-0.2, 0) is 7.05 Å². The van der Waals surface area contributed by atoms with Crippen molar-refractivity contribution in [1.29, 1.82) is 0 Å². The molecule has 0 saturated heterocycles. The number of carbonyl (C=O) groups excluding carboxylic acids is 1. The van der Waals surface area contributed by atoms with Gasteiger partial charge in [-0.2, -0.15) is 4.57 Å². The van der Waals surface area contributed by atoms with Crippen LogP contribution in [0.2, 0.25) is 0 Å². The lowest BCUT2D eigenvalue weighted by atomic mass is 10.1. The van der Waals surface area contributed by atoms with E-state index in [1.807, 2.05) is 56.0 Å². The van der Waals surface area contributed by atoms with E-state index in [2.05, 4.69) is 37.4 Å². The van der Waals surface area contributed by atoms with Crippen LogP contribution in [0.15, 0.2) is 35.3 Å². The van der Waals surface area contributed by atoms with Gasteiger partial charge in [0.25, 0.3) is 5.91 Å². The summed E-state index contributed by atoms with van der Waals surface area (Å²) >= 11 is 0. The Bertz CT molecular complexity index is 1110. The van der Waals surface area contributed by atoms with Gasteiger partial charge in [0, 0.05) is 36.9 Å². The van der Waals surface area contributed by atoms with Gasteiger partial charge in [-0.15, -0.1) is 0 Å². The Labute approximate surface area is 175 Å². The molecular weight excluding hydrogens is 382 g/mol. The molecule has 3 aromatic rings. The first-order valence-corrected chi connectivity index (χ1v) is 10.0. The maximum atomic E-state index is 12.5. The van der Waals surface area contributed by atoms with Gasteiger partial charge in [0.2, 0.25) is 5.69 Å². The average Bonchev–Trinajstić information content (AvgIpc) is 2.76. The first-order chi connectivity index (χ1) is 14.4. The van der Waals surface area contributed by atoms with E-state index in [0.29, 0.717) is 29.2 Å². The van der Waals surface area contributed by atoms with Crippen LogP contribution < -0.4 is 30.6 Å². The topological polar surface area (TPSA) is 108 Å². The van der Waals surface area contributed by atoms with Gasteiger partial charge in [-0.1, -0.05) is 6.92 Å². The van der Waals surface area contributed by atoms with Gasteiger partial charge < -0.3 is 15.5 Å². The molecule has 158 valence electrons. The maximum Gasteiger partial charge on any atom is 0.403 e. The van der Waals surface area contributed by atoms with Crippen molar-refractivity contribution in [2.75, 3.05) is 30.9 Å². The van der Waals surface area contributed by atoms with Crippen molar-refractivity contribution in [3.8, 4) is 0 Å². The molecule has 0 aliphatic carbocycles. The fourth-order valence-electron chi connectivity index (χ4n) is 3.38. The molecule has 0 aliphatic rings. The number of H-pyrrole nitrogens is 2. The number of aromatic amines is 2. The second-order valence-electron chi connectivity index (χ2n) is 7.22. The van der Waals surface area contributed by atoms with E-state index >= 15 is 0 Å². The van der Waals surface area contributed by atoms with Crippen molar-refractivity contribution in [1.82, 2.24) is 15.3 Å². The Hall–Kier alpha value is -3.49. The number of nitrogens with one attached hydrogen (secondary N) is 4. The van der Waals surface area contributed by atoms with Crippen molar-refractivity contribution in [3.05, 3.63) is 52.1 Å². The molecule has 0 aliphatic heterocycles. The maximum absolute atomic E-state index is 12.5. The summed E-state index contributed by atoms with van der Waals surface area (Å²) in [5, 5.41) is 5.73. The molecule has 1 atom stereocenters. The van der Waals surface area contributed by atoms with Crippen LogP contribution in [0, 0.1) is 0 Å². The van der Waals surface area contributed by atoms with E-state index in [1.165, 1.54) is 0 Å². The van der Waals surface area contributed by atoms with Crippen LogP contribution in [0.25, 0.3) is 11.2 Å². The lowest BCUT2D eigenvalue weighted by molar-refractivity contribution is -0.663. The van der Waals surface area contributed by atoms with Gasteiger partial charge in [0.15, 0.2) is 6.20 Å². The van der Waals surface area contributed by atoms with Crippen molar-refractivity contribution >= 4 is 28.7 Å². The molecule has 9 nitrogen and oxygen atoms in total. The number of hydrogen-bond donors (Lipinski definition) is 3. The molecule has 2 heterocycles. The van der Waals surface area contributed by atoms with Crippen LogP contribution in [0.1, 0.15) is 42.4 Å². The van der Waals surface area contributed by atoms with Crippen LogP contribution in [0.4, 0.5) is 11.6 Å². The number of aromatic nitrogens is 4. The molecule has 4 N–H and O–H groups in total. The van der Waals surface area contributed by atoms with Crippen molar-refractivity contribution in [3.63, 3.8) is 0 Å². The number of nitrogens with zero attached hydrogens (tertiary/aromatic N) is 3. The molecule has 0 bridgehead atoms. The third kappa shape index (κ3) is 4.10. The van der Waals surface area contributed by atoms with E-state index in [-0.39, 0.29) is 17.5 Å². The molecule has 0 radical (unpaired) electrons. The minimum atomic E-state index is -0.220. The predicted molar refractivity (Wildman–Crippen MR) is 116 cm³/mol. The molecule has 1 unspecified atom stereocenters. The number of benzene rings is 1. The second kappa shape index (κ2) is 8.89. The predicted octanol–water partition coefficient (Wildman–Crippen LogP) is 0.941. The summed E-state index contributed by atoms with van der Waals surface area (Å²) in [4.78, 5) is 37.0. The van der Waals surface area contributed by atoms with Gasteiger partial charge in [0.1, 0.15) is 13.1 Å². The summed E-state index contributed by atoms with van der Waals surface area (Å²) in [6.07, 6.45) is 2.76. The standard InChI is InChI=1S/C21H27N7O2/c1-6-11-23-19(29)14-7-9-15(10-8-14)27(4)13(2)16-12-24-18-17(28(16)5)20(30)26-21(22-3)25-18/h7-10,12-13H,6,11H2,1-5H3,(H2-,22,23,24,25,26,29,30)/p+2. The summed E-state index contributed by atoms with van der Waals surface area (Å²) in [5.74, 6) is 0.340. The lowest BCUT2D eigenvalue weighted by Crippen LogP contribution is -2.45. The van der Waals surface area contributed by atoms with Crippen LogP contribution in [-0.4, -0.2) is 36.5 Å². The van der Waals surface area contributed by atoms with Crippen molar-refractivity contribution in [2.45, 2.75) is 26.3 Å². The fraction of sp³-hybridized carbons (Fsp3) is 0.381. The number of fused-ring (bicyclic) bond motifs is 1. The third-order valence-corrected chi connectivity index (χ3v) is 5.29. The Morgan fingerprint density at radius 3 is 2.67 bits per heavy atom. The van der Waals surface area contributed by atoms with Crippen LogP contribution in [0.5, 0.6) is 0 Å². The monoisotopic (exact) mass is 411 g/mol. The molecule has 3 rings (SSSR count). The Morgan fingerprint density at radius 2 is 2.03 bits per heavy atom. The van der Waals surface area contributed by atoms with Gasteiger partial charge >= 0.3 is 22.7 Å². The number of amides is 1. The SMILES string of the molecule is CCCNC(=O)c1ccc(N(C)C(C)c2c[nH+]c3nc(NC)[nH]c(=O)c3[n+]2C)cc1. The summed E-state index contributed by atoms with van der Waals surface area (Å²) < 4.78 is 1.85. The number of rotatable bonds is 7. The molecule has 1 aromatic carbocycles. The van der Waals surface area contributed by atoms with Gasteiger partial charge in [-0.05, 0) is 37.6 Å². The molecule has 2 aromatic heterocycles. The van der Waals surface area contributed by atoms with E-state index in [0.717, 1.165) is 17.8 Å². The van der Waals surface area contributed by atoms with Crippen LogP contribution in [0.3, 0.4) is 0 Å². The molecular formula is C21H29N7O2+2. The highest BCUT2D eigenvalue weighted by Crippen LogP contribution is 2.23. The van der Waals surface area contributed by atoms with E-state index in [1.54, 1.807) is 7.05 Å². The lowest BCUT2D eigenvalue weighted by Gasteiger charge is -2.24. The largest absolute Gasteiger partial charge is 0.403 e. The summed E-state index contributed by atoms with van der Waals surface area (Å²) in [6.45, 7) is 4.74. The summed E-state index contributed by atoms with van der Waals surface area (Å²) in [7, 11) is 5.54. The first kappa shape index (κ1) is 21.2. The Kier molecular flexibility index (Phi) is 6.29. The molecule has 1 amide bonds. The highest BCUT2D eigenvalue weighted by Gasteiger charge is 2.29. The Balaban J connectivity index is 1.89. The van der Waals surface area contributed by atoms with Crippen LogP contribution >= 0.6 is 0 Å². The average molecular weight is 412 g/mol. The second-order valence-corrected chi connectivity index (χ2v) is 7.22. The zero-order valence-corrected chi connectivity index (χ0v) is 18.0. The molecule has 30 heavy (non-hydrogen) atoms. The van der Waals surface area contributed by atoms with Crippen molar-refractivity contribution in [2.24, 2.45) is 7.05 Å². The summed E-state index contributed by atoms with van der Waals surface area (Å²) in [5.41, 5.74) is 3.27. The normalized spacial score (nSPS) is 11.9. The zero-order chi connectivity index (χ0) is 21.8. The molecule has 0 saturated carbocycles. The highest BCUT2D eigenvalue weighted by molar-refractivity contribution is 5.94. The van der Waals surface area contributed by atoms with E-state index < -0.39 is 0 Å². The van der Waals surface area contributed by atoms with Gasteiger partial charge in [-0.3, -0.25) is 14.6 Å². The van der Waals surface area contributed by atoms with Crippen molar-refractivity contribution < 1.29 is 14.3 Å². The fourth-order valence-corrected chi connectivity index (χ4v) is 3.38. The highest BCUT2D eigenvalue weighted by atomic mass is 16.1. The van der Waals surface area contributed by atoms with Gasteiger partial charge in [0.05, 0.1) is 0 Å². The Morgan fingerprint density at radius 1 is 1.33 bits per heavy atom. The quantitative estimate of drug-likeness (QED) is 0.502. The summed E-state index contributed by atoms with van der Waals surface area (Å²) in [6, 6.07) is 7.46. The minimum absolute atomic E-state index is 0.0428. The van der Waals surface area contributed by atoms with E-state index in [4.69, 9.17) is 0 Å². The van der Waals surface area contributed by atoms with Gasteiger partial charge in [-0.25, -0.2) is 4.98 Å². The minimum Gasteiger partial charge on any atom is -0.362 e. The third-order valence-electron chi connectivity index (χ3n) is 5.29. The molecule has 9 heteroatoms. The molecule has 0 spiro atoms. The number of carbonyl (C=O) groups is 1. The smallest absolute Gasteiger partial charge is 0.362 e.